The Hall–Kier alpha value is -0.670. The van der Waals surface area contributed by atoms with Crippen LogP contribution in [-0.4, -0.2) is 22.0 Å². The Morgan fingerprint density at radius 2 is 1.75 bits per heavy atom. The summed E-state index contributed by atoms with van der Waals surface area (Å²) in [5.41, 5.74) is 1.22. The molecule has 0 bridgehead atoms. The van der Waals surface area contributed by atoms with Gasteiger partial charge in [-0.05, 0) is 44.9 Å². The van der Waals surface area contributed by atoms with Crippen LogP contribution in [0.3, 0.4) is 0 Å². The maximum absolute atomic E-state index is 12.8. The van der Waals surface area contributed by atoms with Gasteiger partial charge in [0, 0.05) is 10.9 Å². The van der Waals surface area contributed by atoms with Crippen LogP contribution >= 0.6 is 0 Å². The summed E-state index contributed by atoms with van der Waals surface area (Å²) >= 11 is 0. The molecule has 0 saturated carbocycles. The summed E-state index contributed by atoms with van der Waals surface area (Å²) < 4.78 is 12.8. The van der Waals surface area contributed by atoms with Crippen LogP contribution in [0.25, 0.3) is 0 Å². The SMILES string of the molecule is CCCNC(CCC)C(CC)S(=O)c1ccc(C)cc1. The molecule has 1 aromatic carbocycles. The highest BCUT2D eigenvalue weighted by Gasteiger charge is 2.25. The highest BCUT2D eigenvalue weighted by Crippen LogP contribution is 2.20. The zero-order valence-corrected chi connectivity index (χ0v) is 14.1. The maximum atomic E-state index is 12.8. The van der Waals surface area contributed by atoms with E-state index < -0.39 is 10.8 Å². The molecule has 1 aromatic rings. The molecule has 2 nitrogen and oxygen atoms in total. The van der Waals surface area contributed by atoms with Crippen LogP contribution in [0.2, 0.25) is 0 Å². The lowest BCUT2D eigenvalue weighted by Crippen LogP contribution is -2.42. The first-order valence-corrected chi connectivity index (χ1v) is 9.05. The lowest BCUT2D eigenvalue weighted by atomic mass is 10.1. The molecule has 1 N–H and O–H groups in total. The fourth-order valence-corrected chi connectivity index (χ4v) is 4.08. The zero-order valence-electron chi connectivity index (χ0n) is 13.3. The molecule has 1 rings (SSSR count). The fraction of sp³-hybridized carbons (Fsp3) is 0.647. The van der Waals surface area contributed by atoms with Crippen LogP contribution < -0.4 is 5.32 Å². The molecule has 0 fully saturated rings. The molecule has 0 saturated heterocycles. The monoisotopic (exact) mass is 295 g/mol. The van der Waals surface area contributed by atoms with Crippen molar-refractivity contribution in [2.75, 3.05) is 6.54 Å². The third-order valence-electron chi connectivity index (χ3n) is 3.64. The van der Waals surface area contributed by atoms with Crippen LogP contribution in [0.1, 0.15) is 52.0 Å². The fourth-order valence-electron chi connectivity index (χ4n) is 2.49. The largest absolute Gasteiger partial charge is 0.313 e. The molecule has 114 valence electrons. The number of benzene rings is 1. The average Bonchev–Trinajstić information content (AvgIpc) is 2.46. The normalized spacial score (nSPS) is 15.8. The Balaban J connectivity index is 2.84. The minimum absolute atomic E-state index is 0.198. The van der Waals surface area contributed by atoms with Gasteiger partial charge in [0.2, 0.25) is 0 Å². The highest BCUT2D eigenvalue weighted by atomic mass is 32.2. The summed E-state index contributed by atoms with van der Waals surface area (Å²) in [7, 11) is -0.927. The topological polar surface area (TPSA) is 29.1 Å². The van der Waals surface area contributed by atoms with E-state index in [1.165, 1.54) is 5.56 Å². The minimum Gasteiger partial charge on any atom is -0.313 e. The quantitative estimate of drug-likeness (QED) is 0.744. The molecule has 0 aromatic heterocycles. The Bertz CT molecular complexity index is 402. The molecular weight excluding hydrogens is 266 g/mol. The van der Waals surface area contributed by atoms with Gasteiger partial charge in [-0.25, -0.2) is 0 Å². The van der Waals surface area contributed by atoms with Crippen molar-refractivity contribution in [1.29, 1.82) is 0 Å². The molecule has 0 heterocycles. The molecule has 0 spiro atoms. The summed E-state index contributed by atoms with van der Waals surface area (Å²) in [6.07, 6.45) is 4.29. The predicted molar refractivity (Wildman–Crippen MR) is 88.7 cm³/mol. The second kappa shape index (κ2) is 9.30. The molecule has 0 aliphatic rings. The van der Waals surface area contributed by atoms with E-state index in [-0.39, 0.29) is 5.25 Å². The van der Waals surface area contributed by atoms with Crippen LogP contribution in [0.4, 0.5) is 0 Å². The van der Waals surface area contributed by atoms with E-state index in [1.54, 1.807) is 0 Å². The second-order valence-corrected chi connectivity index (χ2v) is 7.08. The second-order valence-electron chi connectivity index (χ2n) is 5.41. The number of nitrogens with one attached hydrogen (secondary N) is 1. The highest BCUT2D eigenvalue weighted by molar-refractivity contribution is 7.85. The van der Waals surface area contributed by atoms with Gasteiger partial charge < -0.3 is 5.32 Å². The Kier molecular flexibility index (Phi) is 8.08. The molecular formula is C17H29NOS. The summed E-state index contributed by atoms with van der Waals surface area (Å²) in [5.74, 6) is 0. The summed E-state index contributed by atoms with van der Waals surface area (Å²) in [4.78, 5) is 0.960. The van der Waals surface area contributed by atoms with Crippen molar-refractivity contribution in [3.63, 3.8) is 0 Å². The first-order chi connectivity index (χ1) is 9.63. The van der Waals surface area contributed by atoms with Crippen LogP contribution in [0, 0.1) is 6.92 Å². The van der Waals surface area contributed by atoms with E-state index in [4.69, 9.17) is 0 Å². The third kappa shape index (κ3) is 5.02. The van der Waals surface area contributed by atoms with Crippen molar-refractivity contribution in [3.05, 3.63) is 29.8 Å². The lowest BCUT2D eigenvalue weighted by molar-refractivity contribution is 0.447. The van der Waals surface area contributed by atoms with Crippen molar-refractivity contribution < 1.29 is 4.21 Å². The molecule has 3 atom stereocenters. The number of hydrogen-bond acceptors (Lipinski definition) is 2. The van der Waals surface area contributed by atoms with E-state index in [1.807, 2.05) is 24.3 Å². The van der Waals surface area contributed by atoms with Crippen molar-refractivity contribution in [2.24, 2.45) is 0 Å². The standard InChI is InChI=1S/C17H29NOS/c1-5-8-16(18-13-6-2)17(7-3)20(19)15-11-9-14(4)10-12-15/h9-12,16-18H,5-8,13H2,1-4H3. The molecule has 20 heavy (non-hydrogen) atoms. The molecule has 3 unspecified atom stereocenters. The van der Waals surface area contributed by atoms with Gasteiger partial charge in [-0.15, -0.1) is 0 Å². The molecule has 0 radical (unpaired) electrons. The summed E-state index contributed by atoms with van der Waals surface area (Å²) in [6, 6.07) is 8.48. The Morgan fingerprint density at radius 1 is 1.10 bits per heavy atom. The van der Waals surface area contributed by atoms with Crippen molar-refractivity contribution in [2.45, 2.75) is 69.6 Å². The van der Waals surface area contributed by atoms with E-state index in [2.05, 4.69) is 33.0 Å². The van der Waals surface area contributed by atoms with Gasteiger partial charge >= 0.3 is 0 Å². The van der Waals surface area contributed by atoms with Crippen molar-refractivity contribution in [1.82, 2.24) is 5.32 Å². The number of rotatable bonds is 9. The third-order valence-corrected chi connectivity index (χ3v) is 5.58. The van der Waals surface area contributed by atoms with Crippen LogP contribution in [-0.2, 0) is 10.8 Å². The van der Waals surface area contributed by atoms with Gasteiger partial charge in [-0.2, -0.15) is 0 Å². The number of aryl methyl sites for hydroxylation is 1. The molecule has 0 amide bonds. The number of hydrogen-bond donors (Lipinski definition) is 1. The van der Waals surface area contributed by atoms with Gasteiger partial charge in [-0.3, -0.25) is 4.21 Å². The lowest BCUT2D eigenvalue weighted by Gasteiger charge is -2.26. The van der Waals surface area contributed by atoms with E-state index in [9.17, 15) is 4.21 Å². The van der Waals surface area contributed by atoms with Crippen molar-refractivity contribution >= 4 is 10.8 Å². The van der Waals surface area contributed by atoms with Gasteiger partial charge in [0.1, 0.15) is 0 Å². The van der Waals surface area contributed by atoms with E-state index in [0.717, 1.165) is 37.1 Å². The smallest absolute Gasteiger partial charge is 0.0576 e. The first-order valence-electron chi connectivity index (χ1n) is 7.84. The predicted octanol–water partition coefficient (Wildman–Crippen LogP) is 4.05. The minimum atomic E-state index is -0.927. The van der Waals surface area contributed by atoms with Gasteiger partial charge in [0.25, 0.3) is 0 Å². The Morgan fingerprint density at radius 3 is 2.25 bits per heavy atom. The summed E-state index contributed by atoms with van der Waals surface area (Å²) in [5, 5.41) is 3.79. The first kappa shape index (κ1) is 17.4. The zero-order chi connectivity index (χ0) is 15.0. The molecule has 0 aliphatic carbocycles. The average molecular weight is 295 g/mol. The van der Waals surface area contributed by atoms with E-state index >= 15 is 0 Å². The molecule has 0 aliphatic heterocycles. The van der Waals surface area contributed by atoms with Crippen LogP contribution in [0.5, 0.6) is 0 Å². The van der Waals surface area contributed by atoms with Crippen LogP contribution in [0.15, 0.2) is 29.2 Å². The molecule has 3 heteroatoms. The van der Waals surface area contributed by atoms with Crippen molar-refractivity contribution in [3.8, 4) is 0 Å². The van der Waals surface area contributed by atoms with Gasteiger partial charge in [-0.1, -0.05) is 44.9 Å². The summed E-state index contributed by atoms with van der Waals surface area (Å²) in [6.45, 7) is 9.59. The Labute approximate surface area is 126 Å². The van der Waals surface area contributed by atoms with Gasteiger partial charge in [0.05, 0.1) is 16.0 Å². The maximum Gasteiger partial charge on any atom is 0.0576 e. The van der Waals surface area contributed by atoms with Gasteiger partial charge in [0.15, 0.2) is 0 Å². The van der Waals surface area contributed by atoms with E-state index in [0.29, 0.717) is 6.04 Å².